The normalized spacial score (nSPS) is 10.6. The Hall–Kier alpha value is -1.98. The van der Waals surface area contributed by atoms with E-state index < -0.39 is 30.1 Å². The van der Waals surface area contributed by atoms with Crippen molar-refractivity contribution in [1.29, 1.82) is 0 Å². The SMILES string of the molecule is CC(C)CC(=O)N(CC(=O)O)c1ccc(F)cc1F. The number of carboxylic acids is 1. The van der Waals surface area contributed by atoms with E-state index in [1.165, 1.54) is 0 Å². The molecule has 4 nitrogen and oxygen atoms in total. The Labute approximate surface area is 109 Å². The Kier molecular flexibility index (Phi) is 4.97. The predicted octanol–water partition coefficient (Wildman–Crippen LogP) is 2.43. The molecule has 19 heavy (non-hydrogen) atoms. The molecule has 6 heteroatoms. The molecule has 0 unspecified atom stereocenters. The van der Waals surface area contributed by atoms with Gasteiger partial charge in [0.05, 0.1) is 5.69 Å². The molecular weight excluding hydrogens is 256 g/mol. The Morgan fingerprint density at radius 2 is 1.95 bits per heavy atom. The van der Waals surface area contributed by atoms with Crippen LogP contribution in [0.5, 0.6) is 0 Å². The Balaban J connectivity index is 3.08. The molecule has 0 aromatic heterocycles. The molecule has 1 N–H and O–H groups in total. The van der Waals surface area contributed by atoms with Crippen LogP contribution < -0.4 is 4.90 Å². The van der Waals surface area contributed by atoms with Gasteiger partial charge in [-0.1, -0.05) is 13.8 Å². The van der Waals surface area contributed by atoms with Gasteiger partial charge in [-0.15, -0.1) is 0 Å². The molecule has 0 bridgehead atoms. The van der Waals surface area contributed by atoms with Crippen LogP contribution in [0, 0.1) is 17.6 Å². The number of rotatable bonds is 5. The van der Waals surface area contributed by atoms with E-state index >= 15 is 0 Å². The smallest absolute Gasteiger partial charge is 0.323 e. The van der Waals surface area contributed by atoms with Crippen molar-refractivity contribution in [2.75, 3.05) is 11.4 Å². The number of nitrogens with zero attached hydrogens (tertiary/aromatic N) is 1. The van der Waals surface area contributed by atoms with Crippen molar-refractivity contribution in [2.24, 2.45) is 5.92 Å². The molecule has 0 saturated carbocycles. The number of carbonyl (C=O) groups is 2. The van der Waals surface area contributed by atoms with Gasteiger partial charge in [0.15, 0.2) is 0 Å². The Morgan fingerprint density at radius 3 is 2.42 bits per heavy atom. The van der Waals surface area contributed by atoms with Crippen LogP contribution in [0.25, 0.3) is 0 Å². The summed E-state index contributed by atoms with van der Waals surface area (Å²) in [6.07, 6.45) is 0.0874. The van der Waals surface area contributed by atoms with Crippen molar-refractivity contribution >= 4 is 17.6 Å². The van der Waals surface area contributed by atoms with Crippen LogP contribution in [-0.2, 0) is 9.59 Å². The third kappa shape index (κ3) is 4.31. The second kappa shape index (κ2) is 6.26. The van der Waals surface area contributed by atoms with E-state index in [0.717, 1.165) is 17.0 Å². The van der Waals surface area contributed by atoms with Gasteiger partial charge >= 0.3 is 5.97 Å². The maximum Gasteiger partial charge on any atom is 0.323 e. The molecule has 1 aromatic rings. The average Bonchev–Trinajstić information content (AvgIpc) is 2.25. The third-order valence-electron chi connectivity index (χ3n) is 2.38. The highest BCUT2D eigenvalue weighted by Gasteiger charge is 2.22. The highest BCUT2D eigenvalue weighted by Crippen LogP contribution is 2.21. The summed E-state index contributed by atoms with van der Waals surface area (Å²) in [6, 6.07) is 2.66. The number of anilines is 1. The van der Waals surface area contributed by atoms with E-state index in [-0.39, 0.29) is 18.0 Å². The zero-order valence-corrected chi connectivity index (χ0v) is 10.7. The lowest BCUT2D eigenvalue weighted by Crippen LogP contribution is -2.37. The molecule has 0 heterocycles. The number of halogens is 2. The molecule has 0 aliphatic heterocycles. The van der Waals surface area contributed by atoms with E-state index in [2.05, 4.69) is 0 Å². The lowest BCUT2D eigenvalue weighted by molar-refractivity contribution is -0.136. The molecule has 0 radical (unpaired) electrons. The monoisotopic (exact) mass is 271 g/mol. The molecule has 0 fully saturated rings. The largest absolute Gasteiger partial charge is 0.480 e. The van der Waals surface area contributed by atoms with Gasteiger partial charge in [-0.25, -0.2) is 8.78 Å². The molecule has 0 spiro atoms. The fraction of sp³-hybridized carbons (Fsp3) is 0.385. The van der Waals surface area contributed by atoms with Crippen molar-refractivity contribution in [2.45, 2.75) is 20.3 Å². The minimum absolute atomic E-state index is 0.00676. The number of amides is 1. The number of hydrogen-bond acceptors (Lipinski definition) is 2. The maximum atomic E-state index is 13.6. The summed E-state index contributed by atoms with van der Waals surface area (Å²) < 4.78 is 26.4. The van der Waals surface area contributed by atoms with Gasteiger partial charge in [0.1, 0.15) is 18.2 Å². The summed E-state index contributed by atoms with van der Waals surface area (Å²) in [5.74, 6) is -3.51. The summed E-state index contributed by atoms with van der Waals surface area (Å²) in [7, 11) is 0. The van der Waals surface area contributed by atoms with E-state index in [1.807, 2.05) is 0 Å². The van der Waals surface area contributed by atoms with Gasteiger partial charge in [-0.05, 0) is 18.1 Å². The minimum atomic E-state index is -1.26. The highest BCUT2D eigenvalue weighted by molar-refractivity contribution is 5.97. The van der Waals surface area contributed by atoms with Crippen LogP contribution in [0.1, 0.15) is 20.3 Å². The van der Waals surface area contributed by atoms with Crippen molar-refractivity contribution in [3.8, 4) is 0 Å². The van der Waals surface area contributed by atoms with Gasteiger partial charge in [-0.3, -0.25) is 14.5 Å². The molecular formula is C13H15F2NO3. The lowest BCUT2D eigenvalue weighted by Gasteiger charge is -2.22. The molecule has 0 aliphatic carbocycles. The third-order valence-corrected chi connectivity index (χ3v) is 2.38. The van der Waals surface area contributed by atoms with E-state index in [0.29, 0.717) is 6.07 Å². The number of aliphatic carboxylic acids is 1. The number of carboxylic acid groups (broad SMARTS) is 1. The highest BCUT2D eigenvalue weighted by atomic mass is 19.1. The number of hydrogen-bond donors (Lipinski definition) is 1. The zero-order valence-electron chi connectivity index (χ0n) is 10.7. The first-order valence-corrected chi connectivity index (χ1v) is 5.78. The zero-order chi connectivity index (χ0) is 14.6. The number of benzene rings is 1. The summed E-state index contributed by atoms with van der Waals surface area (Å²) in [4.78, 5) is 23.5. The fourth-order valence-corrected chi connectivity index (χ4v) is 1.60. The quantitative estimate of drug-likeness (QED) is 0.894. The second-order valence-corrected chi connectivity index (χ2v) is 4.57. The van der Waals surface area contributed by atoms with Crippen LogP contribution in [0.4, 0.5) is 14.5 Å². The fourth-order valence-electron chi connectivity index (χ4n) is 1.60. The summed E-state index contributed by atoms with van der Waals surface area (Å²) in [5.41, 5.74) is -0.227. The minimum Gasteiger partial charge on any atom is -0.480 e. The first-order chi connectivity index (χ1) is 8.81. The van der Waals surface area contributed by atoms with Crippen molar-refractivity contribution in [3.63, 3.8) is 0 Å². The van der Waals surface area contributed by atoms with Crippen molar-refractivity contribution in [1.82, 2.24) is 0 Å². The first kappa shape index (κ1) is 15.1. The van der Waals surface area contributed by atoms with E-state index in [9.17, 15) is 18.4 Å². The van der Waals surface area contributed by atoms with Gasteiger partial charge < -0.3 is 5.11 Å². The average molecular weight is 271 g/mol. The lowest BCUT2D eigenvalue weighted by atomic mass is 10.1. The van der Waals surface area contributed by atoms with E-state index in [1.54, 1.807) is 13.8 Å². The standard InChI is InChI=1S/C13H15F2NO3/c1-8(2)5-12(17)16(7-13(18)19)11-4-3-9(14)6-10(11)15/h3-4,6,8H,5,7H2,1-2H3,(H,18,19). The van der Waals surface area contributed by atoms with Gasteiger partial charge in [0.25, 0.3) is 0 Å². The molecule has 0 aliphatic rings. The van der Waals surface area contributed by atoms with Crippen molar-refractivity contribution < 1.29 is 23.5 Å². The molecule has 1 aromatic carbocycles. The summed E-state index contributed by atoms with van der Waals surface area (Å²) in [6.45, 7) is 2.92. The summed E-state index contributed by atoms with van der Waals surface area (Å²) in [5, 5.41) is 8.78. The topological polar surface area (TPSA) is 57.6 Å². The Bertz CT molecular complexity index is 489. The van der Waals surface area contributed by atoms with E-state index in [4.69, 9.17) is 5.11 Å². The summed E-state index contributed by atoms with van der Waals surface area (Å²) >= 11 is 0. The molecule has 104 valence electrons. The molecule has 1 rings (SSSR count). The van der Waals surface area contributed by atoms with Crippen LogP contribution in [0.15, 0.2) is 18.2 Å². The molecule has 0 atom stereocenters. The molecule has 0 saturated heterocycles. The van der Waals surface area contributed by atoms with Gasteiger partial charge in [0.2, 0.25) is 5.91 Å². The van der Waals surface area contributed by atoms with Crippen LogP contribution >= 0.6 is 0 Å². The second-order valence-electron chi connectivity index (χ2n) is 4.57. The van der Waals surface area contributed by atoms with Crippen molar-refractivity contribution in [3.05, 3.63) is 29.8 Å². The predicted molar refractivity (Wildman–Crippen MR) is 65.8 cm³/mol. The number of carbonyl (C=O) groups excluding carboxylic acids is 1. The maximum absolute atomic E-state index is 13.6. The Morgan fingerprint density at radius 1 is 1.32 bits per heavy atom. The van der Waals surface area contributed by atoms with Crippen LogP contribution in [-0.4, -0.2) is 23.5 Å². The van der Waals surface area contributed by atoms with Crippen LogP contribution in [0.2, 0.25) is 0 Å². The van der Waals surface area contributed by atoms with Gasteiger partial charge in [0, 0.05) is 12.5 Å². The van der Waals surface area contributed by atoms with Gasteiger partial charge in [-0.2, -0.15) is 0 Å². The van der Waals surface area contributed by atoms with Crippen LogP contribution in [0.3, 0.4) is 0 Å². The molecule has 1 amide bonds. The first-order valence-electron chi connectivity index (χ1n) is 5.78.